The summed E-state index contributed by atoms with van der Waals surface area (Å²) < 4.78 is 37.6. The number of alkyl halides is 3. The second-order valence-corrected chi connectivity index (χ2v) is 4.76. The summed E-state index contributed by atoms with van der Waals surface area (Å²) in [5.74, 6) is -0.134. The van der Waals surface area contributed by atoms with Crippen LogP contribution in [0.25, 0.3) is 0 Å². The van der Waals surface area contributed by atoms with Gasteiger partial charge in [0, 0.05) is 25.6 Å². The maximum Gasteiger partial charge on any atom is 0.416 e. The van der Waals surface area contributed by atoms with Crippen molar-refractivity contribution in [1.29, 1.82) is 0 Å². The lowest BCUT2D eigenvalue weighted by Crippen LogP contribution is -2.44. The highest BCUT2D eigenvalue weighted by Crippen LogP contribution is 2.32. The maximum atomic E-state index is 12.5. The van der Waals surface area contributed by atoms with E-state index in [0.29, 0.717) is 25.2 Å². The van der Waals surface area contributed by atoms with E-state index >= 15 is 0 Å². The van der Waals surface area contributed by atoms with Gasteiger partial charge in [0.1, 0.15) is 0 Å². The molecule has 1 fully saturated rings. The number of benzene rings is 1. The topological polar surface area (TPSA) is 49.6 Å². The third-order valence-electron chi connectivity index (χ3n) is 3.27. The summed E-state index contributed by atoms with van der Waals surface area (Å²) in [5.41, 5.74) is 5.21. The lowest BCUT2D eigenvalue weighted by Gasteiger charge is -2.30. The number of carbonyl (C=O) groups is 1. The molecule has 1 heterocycles. The molecule has 110 valence electrons. The van der Waals surface area contributed by atoms with Crippen LogP contribution in [0.1, 0.15) is 18.9 Å². The highest BCUT2D eigenvalue weighted by atomic mass is 19.4. The van der Waals surface area contributed by atoms with Crippen molar-refractivity contribution in [2.75, 3.05) is 18.1 Å². The molecule has 1 saturated heterocycles. The molecular formula is C13H16F3N3O. The van der Waals surface area contributed by atoms with Crippen molar-refractivity contribution in [3.63, 3.8) is 0 Å². The van der Waals surface area contributed by atoms with Crippen LogP contribution in [0.15, 0.2) is 24.3 Å². The highest BCUT2D eigenvalue weighted by molar-refractivity contribution is 5.94. The standard InChI is InChI=1S/C13H16F3N3O/c1-9-8-12(20)19(18(9)7-6-17)11-4-2-10(3-5-11)13(14,15)16/h2-5,9H,6-8,17H2,1H3. The Balaban J connectivity index is 2.27. The van der Waals surface area contributed by atoms with Gasteiger partial charge in [0.2, 0.25) is 5.91 Å². The van der Waals surface area contributed by atoms with Crippen molar-refractivity contribution in [1.82, 2.24) is 5.01 Å². The van der Waals surface area contributed by atoms with Crippen LogP contribution in [-0.2, 0) is 11.0 Å². The van der Waals surface area contributed by atoms with Gasteiger partial charge in [0.25, 0.3) is 0 Å². The normalized spacial score (nSPS) is 20.8. The molecule has 1 aromatic rings. The Morgan fingerprint density at radius 1 is 1.30 bits per heavy atom. The molecule has 1 aliphatic rings. The third kappa shape index (κ3) is 2.78. The second-order valence-electron chi connectivity index (χ2n) is 4.76. The predicted molar refractivity (Wildman–Crippen MR) is 68.8 cm³/mol. The minimum atomic E-state index is -4.38. The van der Waals surface area contributed by atoms with E-state index in [4.69, 9.17) is 5.73 Å². The fraction of sp³-hybridized carbons (Fsp3) is 0.462. The van der Waals surface area contributed by atoms with Crippen LogP contribution >= 0.6 is 0 Å². The first-order valence-electron chi connectivity index (χ1n) is 6.31. The molecule has 7 heteroatoms. The van der Waals surface area contributed by atoms with E-state index in [1.54, 1.807) is 5.01 Å². The number of amides is 1. The summed E-state index contributed by atoms with van der Waals surface area (Å²) >= 11 is 0. The Hall–Kier alpha value is -1.60. The molecule has 1 atom stereocenters. The average molecular weight is 287 g/mol. The van der Waals surface area contributed by atoms with Crippen LogP contribution in [-0.4, -0.2) is 30.0 Å². The smallest absolute Gasteiger partial charge is 0.329 e. The molecule has 0 saturated carbocycles. The summed E-state index contributed by atoms with van der Waals surface area (Å²) in [6.45, 7) is 2.74. The Morgan fingerprint density at radius 2 is 1.90 bits per heavy atom. The Bertz CT molecular complexity index is 487. The van der Waals surface area contributed by atoms with E-state index in [-0.39, 0.29) is 11.9 Å². The van der Waals surface area contributed by atoms with Crippen LogP contribution in [0.2, 0.25) is 0 Å². The first-order chi connectivity index (χ1) is 9.34. The first kappa shape index (κ1) is 14.8. The van der Waals surface area contributed by atoms with Crippen LogP contribution in [0, 0.1) is 0 Å². The van der Waals surface area contributed by atoms with Crippen molar-refractivity contribution >= 4 is 11.6 Å². The van der Waals surface area contributed by atoms with Crippen molar-refractivity contribution in [2.45, 2.75) is 25.6 Å². The molecule has 0 radical (unpaired) electrons. The van der Waals surface area contributed by atoms with E-state index in [2.05, 4.69) is 0 Å². The number of carbonyl (C=O) groups excluding carboxylic acids is 1. The van der Waals surface area contributed by atoms with E-state index in [1.165, 1.54) is 17.1 Å². The lowest BCUT2D eigenvalue weighted by atomic mass is 10.2. The van der Waals surface area contributed by atoms with E-state index in [1.807, 2.05) is 6.92 Å². The number of anilines is 1. The molecule has 2 rings (SSSR count). The molecule has 1 aromatic carbocycles. The summed E-state index contributed by atoms with van der Waals surface area (Å²) in [6.07, 6.45) is -4.04. The Kier molecular flexibility index (Phi) is 4.01. The van der Waals surface area contributed by atoms with Crippen LogP contribution in [0.5, 0.6) is 0 Å². The maximum absolute atomic E-state index is 12.5. The van der Waals surface area contributed by atoms with Crippen LogP contribution in [0.3, 0.4) is 0 Å². The van der Waals surface area contributed by atoms with Gasteiger partial charge in [-0.3, -0.25) is 4.79 Å². The number of nitrogens with two attached hydrogens (primary N) is 1. The number of halogens is 3. The number of hydrogen-bond acceptors (Lipinski definition) is 3. The molecule has 1 unspecified atom stereocenters. The first-order valence-corrected chi connectivity index (χ1v) is 6.31. The monoisotopic (exact) mass is 287 g/mol. The summed E-state index contributed by atoms with van der Waals surface area (Å²) in [5, 5.41) is 3.20. The van der Waals surface area contributed by atoms with E-state index < -0.39 is 11.7 Å². The predicted octanol–water partition coefficient (Wildman–Crippen LogP) is 2.01. The zero-order chi connectivity index (χ0) is 14.9. The fourth-order valence-electron chi connectivity index (χ4n) is 2.32. The van der Waals surface area contributed by atoms with E-state index in [0.717, 1.165) is 12.1 Å². The largest absolute Gasteiger partial charge is 0.416 e. The Labute approximate surface area is 114 Å². The van der Waals surface area contributed by atoms with Crippen molar-refractivity contribution in [2.24, 2.45) is 5.73 Å². The average Bonchev–Trinajstić information content (AvgIpc) is 2.64. The van der Waals surface area contributed by atoms with E-state index in [9.17, 15) is 18.0 Å². The van der Waals surface area contributed by atoms with Gasteiger partial charge in [-0.15, -0.1) is 0 Å². The van der Waals surface area contributed by atoms with Gasteiger partial charge in [-0.25, -0.2) is 10.0 Å². The molecule has 0 spiro atoms. The lowest BCUT2D eigenvalue weighted by molar-refractivity contribution is -0.137. The van der Waals surface area contributed by atoms with Gasteiger partial charge in [-0.1, -0.05) is 0 Å². The number of nitrogens with zero attached hydrogens (tertiary/aromatic N) is 2. The van der Waals surface area contributed by atoms with Crippen molar-refractivity contribution in [3.8, 4) is 0 Å². The minimum absolute atomic E-state index is 0.00616. The Morgan fingerprint density at radius 3 is 2.40 bits per heavy atom. The van der Waals surface area contributed by atoms with Crippen molar-refractivity contribution in [3.05, 3.63) is 29.8 Å². The molecule has 20 heavy (non-hydrogen) atoms. The molecule has 2 N–H and O–H groups in total. The van der Waals surface area contributed by atoms with Gasteiger partial charge in [-0.2, -0.15) is 13.2 Å². The molecule has 0 aliphatic carbocycles. The fourth-order valence-corrected chi connectivity index (χ4v) is 2.32. The minimum Gasteiger partial charge on any atom is -0.329 e. The zero-order valence-corrected chi connectivity index (χ0v) is 11.0. The van der Waals surface area contributed by atoms with Gasteiger partial charge in [0.05, 0.1) is 11.3 Å². The quantitative estimate of drug-likeness (QED) is 0.925. The van der Waals surface area contributed by atoms with Gasteiger partial charge < -0.3 is 5.73 Å². The van der Waals surface area contributed by atoms with Gasteiger partial charge in [0.15, 0.2) is 0 Å². The number of hydrogen-bond donors (Lipinski definition) is 1. The second kappa shape index (κ2) is 5.41. The summed E-state index contributed by atoms with van der Waals surface area (Å²) in [4.78, 5) is 12.0. The molecular weight excluding hydrogens is 271 g/mol. The molecule has 0 bridgehead atoms. The number of rotatable bonds is 3. The highest BCUT2D eigenvalue weighted by Gasteiger charge is 2.36. The van der Waals surface area contributed by atoms with Crippen LogP contribution < -0.4 is 10.7 Å². The summed E-state index contributed by atoms with van der Waals surface area (Å²) in [7, 11) is 0. The molecule has 4 nitrogen and oxygen atoms in total. The number of hydrazine groups is 1. The zero-order valence-electron chi connectivity index (χ0n) is 11.0. The van der Waals surface area contributed by atoms with Gasteiger partial charge >= 0.3 is 6.18 Å². The SMILES string of the molecule is CC1CC(=O)N(c2ccc(C(F)(F)F)cc2)N1CCN. The third-order valence-corrected chi connectivity index (χ3v) is 3.27. The summed E-state index contributed by atoms with van der Waals surface area (Å²) in [6, 6.07) is 4.57. The van der Waals surface area contributed by atoms with Gasteiger partial charge in [-0.05, 0) is 31.2 Å². The van der Waals surface area contributed by atoms with Crippen molar-refractivity contribution < 1.29 is 18.0 Å². The molecule has 1 amide bonds. The molecule has 1 aliphatic heterocycles. The molecule has 0 aromatic heterocycles. The van der Waals surface area contributed by atoms with Crippen LogP contribution in [0.4, 0.5) is 18.9 Å².